The summed E-state index contributed by atoms with van der Waals surface area (Å²) in [5.74, 6) is 2.08. The number of rotatable bonds is 4. The van der Waals surface area contributed by atoms with E-state index < -0.39 is 0 Å². The van der Waals surface area contributed by atoms with Gasteiger partial charge in [0, 0.05) is 12.5 Å². The van der Waals surface area contributed by atoms with Crippen molar-refractivity contribution in [3.8, 4) is 11.5 Å². The van der Waals surface area contributed by atoms with Gasteiger partial charge in [-0.15, -0.1) is 12.4 Å². The third-order valence-corrected chi connectivity index (χ3v) is 4.65. The van der Waals surface area contributed by atoms with E-state index in [1.807, 2.05) is 19.1 Å². The lowest BCUT2D eigenvalue weighted by Crippen LogP contribution is -2.49. The molecule has 0 aliphatic carbocycles. The fourth-order valence-corrected chi connectivity index (χ4v) is 3.10. The number of carbonyl (C=O) groups is 1. The van der Waals surface area contributed by atoms with Crippen molar-refractivity contribution >= 4 is 34.2 Å². The van der Waals surface area contributed by atoms with Gasteiger partial charge in [0.1, 0.15) is 13.2 Å². The fraction of sp³-hybridized carbons (Fsp3) is 0.533. The molecule has 1 aromatic carbocycles. The number of hydrogen-bond donors (Lipinski definition) is 2. The third-order valence-electron chi connectivity index (χ3n) is 4.06. The zero-order chi connectivity index (χ0) is 14.8. The molecule has 2 aliphatic rings. The van der Waals surface area contributed by atoms with Crippen LogP contribution in [-0.4, -0.2) is 32.2 Å². The average Bonchev–Trinajstić information content (AvgIpc) is 2.43. The first-order chi connectivity index (χ1) is 10.1. The van der Waals surface area contributed by atoms with E-state index in [0.29, 0.717) is 25.7 Å². The highest BCUT2D eigenvalue weighted by atomic mass is 79.9. The summed E-state index contributed by atoms with van der Waals surface area (Å²) in [6, 6.07) is 3.89. The molecule has 1 aromatic rings. The second kappa shape index (κ2) is 7.53. The summed E-state index contributed by atoms with van der Waals surface area (Å²) in [4.78, 5) is 12.1. The summed E-state index contributed by atoms with van der Waals surface area (Å²) >= 11 is 3.49. The molecule has 22 heavy (non-hydrogen) atoms. The van der Waals surface area contributed by atoms with Crippen LogP contribution in [0.4, 0.5) is 0 Å². The largest absolute Gasteiger partial charge is 0.486 e. The molecule has 5 nitrogen and oxygen atoms in total. The standard InChI is InChI=1S/C15H19BrN2O3.ClH/c1-9(11-7-17-8-11)15(19)18-6-10-4-12(16)14-13(5-10)20-2-3-21-14;/h4-5,9,11,17H,2-3,6-8H2,1H3,(H,18,19);1H. The number of hydrogen-bond acceptors (Lipinski definition) is 4. The quantitative estimate of drug-likeness (QED) is 0.825. The van der Waals surface area contributed by atoms with Crippen LogP contribution in [0, 0.1) is 11.8 Å². The predicted octanol–water partition coefficient (Wildman–Crippen LogP) is 2.11. The molecule has 1 amide bonds. The monoisotopic (exact) mass is 390 g/mol. The van der Waals surface area contributed by atoms with E-state index in [4.69, 9.17) is 9.47 Å². The average molecular weight is 392 g/mol. The Morgan fingerprint density at radius 3 is 2.82 bits per heavy atom. The molecule has 3 rings (SSSR count). The minimum atomic E-state index is 0. The topological polar surface area (TPSA) is 59.6 Å². The fourth-order valence-electron chi connectivity index (χ4n) is 2.50. The van der Waals surface area contributed by atoms with Crippen molar-refractivity contribution in [1.29, 1.82) is 0 Å². The van der Waals surface area contributed by atoms with E-state index in [1.54, 1.807) is 0 Å². The highest BCUT2D eigenvalue weighted by molar-refractivity contribution is 9.10. The van der Waals surface area contributed by atoms with Crippen molar-refractivity contribution in [1.82, 2.24) is 10.6 Å². The van der Waals surface area contributed by atoms with Gasteiger partial charge in [0.05, 0.1) is 4.47 Å². The van der Waals surface area contributed by atoms with Crippen molar-refractivity contribution in [3.63, 3.8) is 0 Å². The molecule has 2 aliphatic heterocycles. The van der Waals surface area contributed by atoms with Crippen LogP contribution in [0.15, 0.2) is 16.6 Å². The Labute approximate surface area is 144 Å². The summed E-state index contributed by atoms with van der Waals surface area (Å²) < 4.78 is 12.0. The van der Waals surface area contributed by atoms with Gasteiger partial charge in [-0.2, -0.15) is 0 Å². The van der Waals surface area contributed by atoms with Gasteiger partial charge in [0.25, 0.3) is 0 Å². The molecule has 0 bridgehead atoms. The smallest absolute Gasteiger partial charge is 0.223 e. The second-order valence-corrected chi connectivity index (χ2v) is 6.38. The summed E-state index contributed by atoms with van der Waals surface area (Å²) in [5.41, 5.74) is 0.999. The minimum Gasteiger partial charge on any atom is -0.486 e. The van der Waals surface area contributed by atoms with Crippen molar-refractivity contribution in [2.24, 2.45) is 11.8 Å². The molecule has 1 saturated heterocycles. The third kappa shape index (κ3) is 3.67. The predicted molar refractivity (Wildman–Crippen MR) is 89.8 cm³/mol. The molecular formula is C15H20BrClN2O3. The van der Waals surface area contributed by atoms with Gasteiger partial charge in [-0.05, 0) is 52.6 Å². The molecule has 2 heterocycles. The highest BCUT2D eigenvalue weighted by Crippen LogP contribution is 2.38. The lowest BCUT2D eigenvalue weighted by Gasteiger charge is -2.31. The first-order valence-corrected chi connectivity index (χ1v) is 8.01. The Kier molecular flexibility index (Phi) is 5.94. The Balaban J connectivity index is 0.00000176. The number of nitrogens with one attached hydrogen (secondary N) is 2. The van der Waals surface area contributed by atoms with Gasteiger partial charge in [-0.1, -0.05) is 6.92 Å². The first-order valence-electron chi connectivity index (χ1n) is 7.21. The molecule has 0 radical (unpaired) electrons. The van der Waals surface area contributed by atoms with Crippen molar-refractivity contribution in [3.05, 3.63) is 22.2 Å². The number of ether oxygens (including phenoxy) is 2. The van der Waals surface area contributed by atoms with Crippen molar-refractivity contribution in [2.45, 2.75) is 13.5 Å². The molecule has 0 spiro atoms. The van der Waals surface area contributed by atoms with Crippen LogP contribution in [0.25, 0.3) is 0 Å². The van der Waals surface area contributed by atoms with Gasteiger partial charge in [-0.25, -0.2) is 0 Å². The van der Waals surface area contributed by atoms with E-state index in [1.165, 1.54) is 0 Å². The maximum absolute atomic E-state index is 12.1. The van der Waals surface area contributed by atoms with Gasteiger partial charge < -0.3 is 20.1 Å². The number of amides is 1. The van der Waals surface area contributed by atoms with Crippen LogP contribution in [0.1, 0.15) is 12.5 Å². The maximum atomic E-state index is 12.1. The lowest BCUT2D eigenvalue weighted by molar-refractivity contribution is -0.126. The Hall–Kier alpha value is -0.980. The van der Waals surface area contributed by atoms with E-state index in [9.17, 15) is 4.79 Å². The summed E-state index contributed by atoms with van der Waals surface area (Å²) in [6.45, 7) is 5.48. The van der Waals surface area contributed by atoms with Crippen LogP contribution in [0.3, 0.4) is 0 Å². The number of halogens is 2. The number of carbonyl (C=O) groups excluding carboxylic acids is 1. The Bertz CT molecular complexity index is 552. The number of benzene rings is 1. The lowest BCUT2D eigenvalue weighted by atomic mass is 9.88. The van der Waals surface area contributed by atoms with E-state index in [-0.39, 0.29) is 24.2 Å². The molecule has 0 aromatic heterocycles. The molecule has 1 fully saturated rings. The number of fused-ring (bicyclic) bond motifs is 1. The minimum absolute atomic E-state index is 0. The zero-order valence-electron chi connectivity index (χ0n) is 12.4. The van der Waals surface area contributed by atoms with Crippen LogP contribution < -0.4 is 20.1 Å². The van der Waals surface area contributed by atoms with Crippen molar-refractivity contribution < 1.29 is 14.3 Å². The van der Waals surface area contributed by atoms with E-state index in [2.05, 4.69) is 26.6 Å². The zero-order valence-corrected chi connectivity index (χ0v) is 14.8. The van der Waals surface area contributed by atoms with Gasteiger partial charge in [0.15, 0.2) is 11.5 Å². The van der Waals surface area contributed by atoms with Gasteiger partial charge >= 0.3 is 0 Å². The molecule has 1 unspecified atom stereocenters. The Morgan fingerprint density at radius 1 is 1.41 bits per heavy atom. The molecule has 122 valence electrons. The van der Waals surface area contributed by atoms with Crippen LogP contribution in [0.2, 0.25) is 0 Å². The molecule has 7 heteroatoms. The summed E-state index contributed by atoms with van der Waals surface area (Å²) in [5, 5.41) is 6.19. The maximum Gasteiger partial charge on any atom is 0.223 e. The van der Waals surface area contributed by atoms with Crippen molar-refractivity contribution in [2.75, 3.05) is 26.3 Å². The summed E-state index contributed by atoms with van der Waals surface area (Å²) in [7, 11) is 0. The van der Waals surface area contributed by atoms with Gasteiger partial charge in [0.2, 0.25) is 5.91 Å². The SMILES string of the molecule is CC(C(=O)NCc1cc(Br)c2c(c1)OCCO2)C1CNC1.Cl. The highest BCUT2D eigenvalue weighted by Gasteiger charge is 2.28. The van der Waals surface area contributed by atoms with Crippen LogP contribution in [0.5, 0.6) is 11.5 Å². The van der Waals surface area contributed by atoms with Gasteiger partial charge in [-0.3, -0.25) is 4.79 Å². The normalized spacial score (nSPS) is 17.9. The van der Waals surface area contributed by atoms with E-state index >= 15 is 0 Å². The van der Waals surface area contributed by atoms with Crippen LogP contribution >= 0.6 is 28.3 Å². The molecular weight excluding hydrogens is 372 g/mol. The second-order valence-electron chi connectivity index (χ2n) is 5.53. The van der Waals surface area contributed by atoms with Crippen LogP contribution in [-0.2, 0) is 11.3 Å². The summed E-state index contributed by atoms with van der Waals surface area (Å²) in [6.07, 6.45) is 0. The molecule has 2 N–H and O–H groups in total. The molecule has 1 atom stereocenters. The first kappa shape index (κ1) is 17.4. The van der Waals surface area contributed by atoms with E-state index in [0.717, 1.165) is 34.6 Å². The molecule has 0 saturated carbocycles. The Morgan fingerprint density at radius 2 is 2.14 bits per heavy atom.